The van der Waals surface area contributed by atoms with Crippen molar-refractivity contribution in [2.45, 2.75) is 0 Å². The van der Waals surface area contributed by atoms with Crippen LogP contribution in [0.15, 0.2) is 294 Å². The lowest BCUT2D eigenvalue weighted by atomic mass is 9.99. The van der Waals surface area contributed by atoms with E-state index in [4.69, 9.17) is 8.83 Å². The van der Waals surface area contributed by atoms with Crippen molar-refractivity contribution >= 4 is 99.8 Å². The average molecular weight is 986 g/mol. The number of aromatic nitrogens is 1. The molecule has 0 saturated carbocycles. The standard InChI is InChI=1S/C72H47N3O2/c1-4-16-48(17-5-1)50-28-33-55(34-29-50)73(57-37-40-65-63-23-11-14-26-69(63)76-71(65)46-57)59-42-53(52-32-39-62-61-22-10-13-25-67(61)75(68(62)44-52)54-20-8-3-9-21-54)43-60(45-59)74(56-35-30-51(31-36-56)49-18-6-2-7-19-49)58-38-41-66-64-24-12-15-27-70(64)77-72(66)47-58/h1-47H. The molecule has 5 heteroatoms. The lowest BCUT2D eigenvalue weighted by Gasteiger charge is -2.30. The number of hydrogen-bond acceptors (Lipinski definition) is 4. The summed E-state index contributed by atoms with van der Waals surface area (Å²) in [7, 11) is 0. The summed E-state index contributed by atoms with van der Waals surface area (Å²) in [5.41, 5.74) is 19.4. The quantitative estimate of drug-likeness (QED) is 0.137. The van der Waals surface area contributed by atoms with Gasteiger partial charge in [0, 0.05) is 84.3 Å². The molecule has 3 aromatic heterocycles. The van der Waals surface area contributed by atoms with Crippen LogP contribution in [0.2, 0.25) is 0 Å². The molecule has 0 amide bonds. The topological polar surface area (TPSA) is 37.7 Å². The van der Waals surface area contributed by atoms with E-state index < -0.39 is 0 Å². The van der Waals surface area contributed by atoms with E-state index in [0.717, 1.165) is 128 Å². The Morgan fingerprint density at radius 2 is 0.610 bits per heavy atom. The van der Waals surface area contributed by atoms with E-state index in [0.29, 0.717) is 0 Å². The third-order valence-electron chi connectivity index (χ3n) is 15.1. The maximum absolute atomic E-state index is 6.63. The zero-order valence-corrected chi connectivity index (χ0v) is 41.8. The van der Waals surface area contributed by atoms with Gasteiger partial charge in [0.2, 0.25) is 0 Å². The zero-order valence-electron chi connectivity index (χ0n) is 41.8. The molecular weight excluding hydrogens is 939 g/mol. The van der Waals surface area contributed by atoms with Gasteiger partial charge in [-0.15, -0.1) is 0 Å². The van der Waals surface area contributed by atoms with Crippen molar-refractivity contribution in [1.29, 1.82) is 0 Å². The van der Waals surface area contributed by atoms with Gasteiger partial charge in [0.15, 0.2) is 0 Å². The third-order valence-corrected chi connectivity index (χ3v) is 15.1. The van der Waals surface area contributed by atoms with E-state index in [-0.39, 0.29) is 0 Å². The highest BCUT2D eigenvalue weighted by Gasteiger charge is 2.23. The number of benzene rings is 12. The minimum absolute atomic E-state index is 0.824. The van der Waals surface area contributed by atoms with Crippen LogP contribution in [0.3, 0.4) is 0 Å². The fourth-order valence-corrected chi connectivity index (χ4v) is 11.5. The summed E-state index contributed by atoms with van der Waals surface area (Å²) in [6.45, 7) is 0. The molecule has 3 heterocycles. The number of nitrogens with zero attached hydrogens (tertiary/aromatic N) is 3. The van der Waals surface area contributed by atoms with Gasteiger partial charge in [-0.3, -0.25) is 0 Å². The Morgan fingerprint density at radius 3 is 1.14 bits per heavy atom. The van der Waals surface area contributed by atoms with Gasteiger partial charge in [-0.05, 0) is 137 Å². The zero-order chi connectivity index (χ0) is 50.8. The molecule has 0 N–H and O–H groups in total. The van der Waals surface area contributed by atoms with Gasteiger partial charge in [-0.1, -0.05) is 170 Å². The first-order chi connectivity index (χ1) is 38.1. The molecule has 15 rings (SSSR count). The summed E-state index contributed by atoms with van der Waals surface area (Å²) in [5, 5.41) is 6.75. The van der Waals surface area contributed by atoms with Crippen molar-refractivity contribution in [3.05, 3.63) is 285 Å². The Bertz CT molecular complexity index is 4450. The fraction of sp³-hybridized carbons (Fsp3) is 0. The molecule has 0 aliphatic heterocycles. The lowest BCUT2D eigenvalue weighted by molar-refractivity contribution is 0.668. The van der Waals surface area contributed by atoms with Gasteiger partial charge in [-0.25, -0.2) is 0 Å². The summed E-state index contributed by atoms with van der Waals surface area (Å²) in [6.07, 6.45) is 0. The van der Waals surface area contributed by atoms with Crippen molar-refractivity contribution < 1.29 is 8.83 Å². The normalized spacial score (nSPS) is 11.6. The number of furan rings is 2. The Labute approximate surface area is 445 Å². The molecule has 0 aliphatic carbocycles. The Kier molecular flexibility index (Phi) is 10.5. The average Bonchev–Trinajstić information content (AvgIpc) is 4.26. The van der Waals surface area contributed by atoms with E-state index in [2.05, 4.69) is 275 Å². The van der Waals surface area contributed by atoms with Crippen LogP contribution in [0.5, 0.6) is 0 Å². The number of anilines is 6. The van der Waals surface area contributed by atoms with Crippen LogP contribution in [-0.4, -0.2) is 4.57 Å². The summed E-state index contributed by atoms with van der Waals surface area (Å²) in [4.78, 5) is 4.74. The smallest absolute Gasteiger partial charge is 0.137 e. The van der Waals surface area contributed by atoms with Crippen LogP contribution in [0.25, 0.3) is 105 Å². The van der Waals surface area contributed by atoms with Crippen molar-refractivity contribution in [3.63, 3.8) is 0 Å². The van der Waals surface area contributed by atoms with Gasteiger partial charge in [0.05, 0.1) is 11.0 Å². The lowest BCUT2D eigenvalue weighted by Crippen LogP contribution is -2.13. The van der Waals surface area contributed by atoms with Crippen molar-refractivity contribution in [2.24, 2.45) is 0 Å². The molecular formula is C72H47N3O2. The molecule has 362 valence electrons. The van der Waals surface area contributed by atoms with E-state index >= 15 is 0 Å². The van der Waals surface area contributed by atoms with Gasteiger partial charge in [0.25, 0.3) is 0 Å². The van der Waals surface area contributed by atoms with Gasteiger partial charge >= 0.3 is 0 Å². The second kappa shape index (κ2) is 18.2. The summed E-state index contributed by atoms with van der Waals surface area (Å²) < 4.78 is 15.7. The highest BCUT2D eigenvalue weighted by atomic mass is 16.3. The van der Waals surface area contributed by atoms with E-state index in [1.165, 1.54) is 10.8 Å². The highest BCUT2D eigenvalue weighted by molar-refractivity contribution is 6.11. The Balaban J connectivity index is 0.994. The first kappa shape index (κ1) is 44.2. The third kappa shape index (κ3) is 7.71. The number of para-hydroxylation sites is 4. The second-order valence-corrected chi connectivity index (χ2v) is 19.7. The van der Waals surface area contributed by atoms with Gasteiger partial charge in [0.1, 0.15) is 22.3 Å². The summed E-state index contributed by atoms with van der Waals surface area (Å²) in [5.74, 6) is 0. The minimum Gasteiger partial charge on any atom is -0.456 e. The minimum atomic E-state index is 0.824. The SMILES string of the molecule is c1ccc(-c2ccc(N(c3cc(-c4ccc5c6ccccc6n(-c6ccccc6)c5c4)cc(N(c4ccc(-c5ccccc5)cc4)c4ccc5c(c4)oc4ccccc45)c3)c3ccc4c(c3)oc3ccccc34)cc2)cc1. The van der Waals surface area contributed by atoms with E-state index in [1.807, 2.05) is 24.3 Å². The number of rotatable bonds is 10. The first-order valence-corrected chi connectivity index (χ1v) is 26.1. The maximum Gasteiger partial charge on any atom is 0.137 e. The predicted molar refractivity (Wildman–Crippen MR) is 321 cm³/mol. The molecule has 0 unspecified atom stereocenters. The monoisotopic (exact) mass is 985 g/mol. The summed E-state index contributed by atoms with van der Waals surface area (Å²) in [6, 6.07) is 102. The predicted octanol–water partition coefficient (Wildman–Crippen LogP) is 20.5. The van der Waals surface area contributed by atoms with Gasteiger partial charge in [-0.2, -0.15) is 0 Å². The second-order valence-electron chi connectivity index (χ2n) is 19.7. The van der Waals surface area contributed by atoms with Crippen LogP contribution < -0.4 is 9.80 Å². The summed E-state index contributed by atoms with van der Waals surface area (Å²) >= 11 is 0. The van der Waals surface area contributed by atoms with Crippen molar-refractivity contribution in [2.75, 3.05) is 9.80 Å². The molecule has 0 aliphatic rings. The van der Waals surface area contributed by atoms with Crippen LogP contribution in [0.4, 0.5) is 34.1 Å². The molecule has 0 saturated heterocycles. The van der Waals surface area contributed by atoms with Crippen molar-refractivity contribution in [3.8, 4) is 39.1 Å². The first-order valence-electron chi connectivity index (χ1n) is 26.1. The molecule has 5 nitrogen and oxygen atoms in total. The molecule has 0 fully saturated rings. The molecule has 0 bridgehead atoms. The van der Waals surface area contributed by atoms with Gasteiger partial charge < -0.3 is 23.2 Å². The molecule has 12 aromatic carbocycles. The maximum atomic E-state index is 6.63. The van der Waals surface area contributed by atoms with Crippen LogP contribution in [-0.2, 0) is 0 Å². The van der Waals surface area contributed by atoms with Crippen LogP contribution in [0, 0.1) is 0 Å². The Hall–Kier alpha value is -10.4. The number of fused-ring (bicyclic) bond motifs is 9. The van der Waals surface area contributed by atoms with Crippen molar-refractivity contribution in [1.82, 2.24) is 4.57 Å². The molecule has 0 spiro atoms. The van der Waals surface area contributed by atoms with Crippen LogP contribution in [0.1, 0.15) is 0 Å². The molecule has 0 atom stereocenters. The van der Waals surface area contributed by atoms with Crippen LogP contribution >= 0.6 is 0 Å². The molecule has 15 aromatic rings. The highest BCUT2D eigenvalue weighted by Crippen LogP contribution is 2.47. The largest absolute Gasteiger partial charge is 0.456 e. The molecule has 0 radical (unpaired) electrons. The van der Waals surface area contributed by atoms with E-state index in [1.54, 1.807) is 0 Å². The fourth-order valence-electron chi connectivity index (χ4n) is 11.5. The van der Waals surface area contributed by atoms with E-state index in [9.17, 15) is 0 Å². The molecule has 77 heavy (non-hydrogen) atoms. The Morgan fingerprint density at radius 1 is 0.221 bits per heavy atom. The number of hydrogen-bond donors (Lipinski definition) is 0.